The minimum atomic E-state index is -0.200. The van der Waals surface area contributed by atoms with E-state index in [0.717, 1.165) is 23.1 Å². The summed E-state index contributed by atoms with van der Waals surface area (Å²) in [6, 6.07) is 0. The summed E-state index contributed by atoms with van der Waals surface area (Å²) in [4.78, 5) is 0. The molecule has 2 aliphatic rings. The van der Waals surface area contributed by atoms with Crippen molar-refractivity contribution in [3.8, 4) is 0 Å². The highest BCUT2D eigenvalue weighted by Crippen LogP contribution is 2.36. The Morgan fingerprint density at radius 3 is 1.50 bits per heavy atom. The van der Waals surface area contributed by atoms with Crippen LogP contribution in [-0.2, 0) is 0 Å². The minimum absolute atomic E-state index is 0.200. The largest absolute Gasteiger partial charge is 0.337 e. The van der Waals surface area contributed by atoms with Gasteiger partial charge in [0, 0.05) is 0 Å². The van der Waals surface area contributed by atoms with Crippen molar-refractivity contribution in [2.45, 2.75) is 51.9 Å². The van der Waals surface area contributed by atoms with E-state index in [2.05, 4.69) is 48.3 Å². The molecule has 0 spiro atoms. The zero-order valence-electron chi connectivity index (χ0n) is 10.1. The number of hydrazine groups is 1. The summed E-state index contributed by atoms with van der Waals surface area (Å²) in [7, 11) is 0. The fraction of sp³-hybridized carbons (Fsp3) is 0.800. The summed E-state index contributed by atoms with van der Waals surface area (Å²) in [5.41, 5.74) is -0.401. The maximum atomic E-state index is 5.41. The SMILES string of the molecule is CCC1(C)NC(=S)N2N1C(=S)NC2(C)CC. The van der Waals surface area contributed by atoms with Crippen LogP contribution in [0, 0.1) is 0 Å². The van der Waals surface area contributed by atoms with Gasteiger partial charge in [0.25, 0.3) is 0 Å². The second-order valence-corrected chi connectivity index (χ2v) is 5.51. The molecule has 2 N–H and O–H groups in total. The summed E-state index contributed by atoms with van der Waals surface area (Å²) >= 11 is 10.8. The molecule has 6 heteroatoms. The summed E-state index contributed by atoms with van der Waals surface area (Å²) in [6.45, 7) is 8.50. The topological polar surface area (TPSA) is 30.5 Å². The van der Waals surface area contributed by atoms with Gasteiger partial charge in [0.1, 0.15) is 11.3 Å². The van der Waals surface area contributed by atoms with Crippen LogP contribution in [0.2, 0.25) is 0 Å². The fourth-order valence-electron chi connectivity index (χ4n) is 2.22. The Labute approximate surface area is 107 Å². The molecule has 2 atom stereocenters. The molecule has 4 nitrogen and oxygen atoms in total. The Kier molecular flexibility index (Phi) is 2.54. The highest BCUT2D eigenvalue weighted by molar-refractivity contribution is 7.80. The smallest absolute Gasteiger partial charge is 0.192 e. The molecule has 2 fully saturated rings. The maximum absolute atomic E-state index is 5.41. The van der Waals surface area contributed by atoms with E-state index in [9.17, 15) is 0 Å². The lowest BCUT2D eigenvalue weighted by atomic mass is 10.1. The van der Waals surface area contributed by atoms with Gasteiger partial charge in [0.05, 0.1) is 0 Å². The first kappa shape index (κ1) is 11.9. The second kappa shape index (κ2) is 3.43. The molecule has 0 aromatic rings. The number of hydrogen-bond donors (Lipinski definition) is 2. The van der Waals surface area contributed by atoms with E-state index >= 15 is 0 Å². The van der Waals surface area contributed by atoms with Crippen molar-refractivity contribution in [3.05, 3.63) is 0 Å². The molecule has 90 valence electrons. The number of nitrogens with one attached hydrogen (secondary N) is 2. The van der Waals surface area contributed by atoms with Gasteiger partial charge in [-0.05, 0) is 51.1 Å². The zero-order valence-corrected chi connectivity index (χ0v) is 11.8. The van der Waals surface area contributed by atoms with Gasteiger partial charge in [0.2, 0.25) is 0 Å². The van der Waals surface area contributed by atoms with Crippen LogP contribution in [0.4, 0.5) is 0 Å². The monoisotopic (exact) mass is 258 g/mol. The van der Waals surface area contributed by atoms with Crippen LogP contribution in [0.15, 0.2) is 0 Å². The van der Waals surface area contributed by atoms with Crippen molar-refractivity contribution in [2.75, 3.05) is 0 Å². The summed E-state index contributed by atoms with van der Waals surface area (Å²) in [5.74, 6) is 0. The lowest BCUT2D eigenvalue weighted by Gasteiger charge is -2.36. The summed E-state index contributed by atoms with van der Waals surface area (Å²) in [5, 5.41) is 12.4. The van der Waals surface area contributed by atoms with Crippen LogP contribution >= 0.6 is 24.4 Å². The van der Waals surface area contributed by atoms with E-state index in [1.165, 1.54) is 0 Å². The van der Waals surface area contributed by atoms with Crippen LogP contribution < -0.4 is 10.6 Å². The maximum Gasteiger partial charge on any atom is 0.192 e. The van der Waals surface area contributed by atoms with Gasteiger partial charge in [-0.2, -0.15) is 0 Å². The van der Waals surface area contributed by atoms with E-state index in [0.29, 0.717) is 0 Å². The second-order valence-electron chi connectivity index (χ2n) is 4.74. The van der Waals surface area contributed by atoms with Gasteiger partial charge in [-0.25, -0.2) is 10.0 Å². The molecule has 2 unspecified atom stereocenters. The van der Waals surface area contributed by atoms with Gasteiger partial charge in [-0.1, -0.05) is 13.8 Å². The molecule has 0 aliphatic carbocycles. The van der Waals surface area contributed by atoms with E-state index < -0.39 is 0 Å². The third-order valence-electron chi connectivity index (χ3n) is 3.65. The van der Waals surface area contributed by atoms with Crippen LogP contribution in [0.25, 0.3) is 0 Å². The number of hydrogen-bond acceptors (Lipinski definition) is 2. The molecule has 0 aromatic carbocycles. The molecule has 16 heavy (non-hydrogen) atoms. The van der Waals surface area contributed by atoms with Gasteiger partial charge >= 0.3 is 0 Å². The van der Waals surface area contributed by atoms with Crippen molar-refractivity contribution < 1.29 is 0 Å². The quantitative estimate of drug-likeness (QED) is 0.731. The number of rotatable bonds is 2. The third-order valence-corrected chi connectivity index (χ3v) is 4.20. The summed E-state index contributed by atoms with van der Waals surface area (Å²) in [6.07, 6.45) is 1.87. The van der Waals surface area contributed by atoms with Crippen LogP contribution in [0.5, 0.6) is 0 Å². The minimum Gasteiger partial charge on any atom is -0.337 e. The van der Waals surface area contributed by atoms with Gasteiger partial charge in [0.15, 0.2) is 10.2 Å². The first-order valence-corrected chi connectivity index (χ1v) is 6.44. The van der Waals surface area contributed by atoms with Crippen molar-refractivity contribution in [1.82, 2.24) is 20.7 Å². The standard InChI is InChI=1S/C10H18N4S2/c1-5-9(3)11-7(15)14-10(4,6-2)12-8(16)13(9)14/h5-6H2,1-4H3,(H,11,15)(H,12,16). The molecule has 0 saturated carbocycles. The van der Waals surface area contributed by atoms with Crippen LogP contribution in [-0.4, -0.2) is 31.6 Å². The highest BCUT2D eigenvalue weighted by Gasteiger charge is 2.56. The Hall–Kier alpha value is -0.620. The molecule has 0 amide bonds. The average Bonchev–Trinajstić information content (AvgIpc) is 2.66. The molecule has 2 saturated heterocycles. The van der Waals surface area contributed by atoms with E-state index in [-0.39, 0.29) is 11.3 Å². The van der Waals surface area contributed by atoms with Gasteiger partial charge in [-0.15, -0.1) is 0 Å². The number of thiocarbonyl (C=S) groups is 2. The third kappa shape index (κ3) is 1.32. The average molecular weight is 258 g/mol. The van der Waals surface area contributed by atoms with Crippen molar-refractivity contribution in [3.63, 3.8) is 0 Å². The Balaban J connectivity index is 2.44. The predicted octanol–water partition coefficient (Wildman–Crippen LogP) is 1.53. The lowest BCUT2D eigenvalue weighted by Crippen LogP contribution is -2.52. The molecule has 0 bridgehead atoms. The molecule has 2 heterocycles. The summed E-state index contributed by atoms with van der Waals surface area (Å²) < 4.78 is 0. The van der Waals surface area contributed by atoms with E-state index in [4.69, 9.17) is 24.4 Å². The van der Waals surface area contributed by atoms with Crippen LogP contribution in [0.3, 0.4) is 0 Å². The van der Waals surface area contributed by atoms with Crippen molar-refractivity contribution in [2.24, 2.45) is 0 Å². The van der Waals surface area contributed by atoms with Crippen LogP contribution in [0.1, 0.15) is 40.5 Å². The molecule has 0 radical (unpaired) electrons. The van der Waals surface area contributed by atoms with Crippen molar-refractivity contribution in [1.29, 1.82) is 0 Å². The Morgan fingerprint density at radius 1 is 0.938 bits per heavy atom. The highest BCUT2D eigenvalue weighted by atomic mass is 32.1. The van der Waals surface area contributed by atoms with E-state index in [1.54, 1.807) is 0 Å². The first-order valence-electron chi connectivity index (χ1n) is 5.62. The number of nitrogens with zero attached hydrogens (tertiary/aromatic N) is 2. The predicted molar refractivity (Wildman–Crippen MR) is 72.5 cm³/mol. The molecular formula is C10H18N4S2. The normalized spacial score (nSPS) is 37.5. The number of fused-ring (bicyclic) bond motifs is 1. The van der Waals surface area contributed by atoms with Gasteiger partial charge < -0.3 is 10.6 Å². The molecule has 2 rings (SSSR count). The van der Waals surface area contributed by atoms with Crippen molar-refractivity contribution >= 4 is 34.7 Å². The van der Waals surface area contributed by atoms with E-state index in [1.807, 2.05) is 0 Å². The molecule has 2 aliphatic heterocycles. The Morgan fingerprint density at radius 2 is 1.25 bits per heavy atom. The zero-order chi connectivity index (χ0) is 12.1. The lowest BCUT2D eigenvalue weighted by molar-refractivity contribution is 0.0121. The van der Waals surface area contributed by atoms with Gasteiger partial charge in [-0.3, -0.25) is 0 Å². The Bertz CT molecular complexity index is 325. The fourth-order valence-corrected chi connectivity index (χ4v) is 3.23. The molecule has 0 aromatic heterocycles. The molecular weight excluding hydrogens is 240 g/mol. The first-order chi connectivity index (χ1) is 7.38.